The van der Waals surface area contributed by atoms with Crippen molar-refractivity contribution in [1.82, 2.24) is 19.9 Å². The maximum absolute atomic E-state index is 5.69. The van der Waals surface area contributed by atoms with Gasteiger partial charge in [-0.3, -0.25) is 0 Å². The lowest BCUT2D eigenvalue weighted by atomic mass is 10.1. The van der Waals surface area contributed by atoms with Gasteiger partial charge in [0.15, 0.2) is 0 Å². The summed E-state index contributed by atoms with van der Waals surface area (Å²) in [7, 11) is 0. The first kappa shape index (κ1) is 10.9. The van der Waals surface area contributed by atoms with Gasteiger partial charge in [0.25, 0.3) is 0 Å². The molecule has 3 rings (SSSR count). The van der Waals surface area contributed by atoms with Crippen LogP contribution < -0.4 is 10.6 Å². The van der Waals surface area contributed by atoms with Gasteiger partial charge in [0.2, 0.25) is 5.95 Å². The van der Waals surface area contributed by atoms with E-state index >= 15 is 0 Å². The summed E-state index contributed by atoms with van der Waals surface area (Å²) in [6.45, 7) is 3.56. The molecule has 0 aliphatic carbocycles. The zero-order valence-corrected chi connectivity index (χ0v) is 10.2. The molecule has 2 aromatic rings. The van der Waals surface area contributed by atoms with Gasteiger partial charge in [-0.15, -0.1) is 0 Å². The summed E-state index contributed by atoms with van der Waals surface area (Å²) in [4.78, 5) is 18.9. The Morgan fingerprint density at radius 2 is 2.22 bits per heavy atom. The molecule has 0 atom stereocenters. The minimum absolute atomic E-state index is 0.318. The van der Waals surface area contributed by atoms with Gasteiger partial charge in [-0.05, 0) is 18.9 Å². The summed E-state index contributed by atoms with van der Waals surface area (Å²) >= 11 is 0. The van der Waals surface area contributed by atoms with E-state index in [1.807, 2.05) is 19.2 Å². The predicted molar refractivity (Wildman–Crippen MR) is 68.0 cm³/mol. The van der Waals surface area contributed by atoms with Crippen molar-refractivity contribution in [2.75, 3.05) is 17.2 Å². The van der Waals surface area contributed by atoms with E-state index in [4.69, 9.17) is 5.73 Å². The van der Waals surface area contributed by atoms with Crippen LogP contribution in [0.15, 0.2) is 18.6 Å². The van der Waals surface area contributed by atoms with E-state index in [0.29, 0.717) is 5.95 Å². The lowest BCUT2D eigenvalue weighted by Gasteiger charge is -2.28. The number of hydrogen-bond acceptors (Lipinski definition) is 6. The van der Waals surface area contributed by atoms with Gasteiger partial charge in [-0.2, -0.15) is 4.98 Å². The van der Waals surface area contributed by atoms with E-state index in [1.54, 1.807) is 6.33 Å². The van der Waals surface area contributed by atoms with E-state index in [-0.39, 0.29) is 0 Å². The number of aryl methyl sites for hydroxylation is 1. The van der Waals surface area contributed by atoms with Crippen molar-refractivity contribution in [3.05, 3.63) is 35.5 Å². The highest BCUT2D eigenvalue weighted by Crippen LogP contribution is 2.21. The van der Waals surface area contributed by atoms with Gasteiger partial charge in [-0.25, -0.2) is 15.0 Å². The summed E-state index contributed by atoms with van der Waals surface area (Å²) in [6.07, 6.45) is 4.40. The Morgan fingerprint density at radius 1 is 1.33 bits per heavy atom. The Morgan fingerprint density at radius 3 is 3.06 bits per heavy atom. The van der Waals surface area contributed by atoms with E-state index in [1.165, 1.54) is 5.56 Å². The van der Waals surface area contributed by atoms with Crippen molar-refractivity contribution in [3.63, 3.8) is 0 Å². The van der Waals surface area contributed by atoms with Crippen molar-refractivity contribution in [2.24, 2.45) is 0 Å². The molecule has 0 radical (unpaired) electrons. The predicted octanol–water partition coefficient (Wildman–Crippen LogP) is 0.720. The van der Waals surface area contributed by atoms with Gasteiger partial charge >= 0.3 is 0 Å². The minimum atomic E-state index is 0.318. The zero-order valence-electron chi connectivity index (χ0n) is 10.2. The molecule has 0 amide bonds. The summed E-state index contributed by atoms with van der Waals surface area (Å²) in [5.74, 6) is 1.18. The highest BCUT2D eigenvalue weighted by molar-refractivity contribution is 5.45. The third-order valence-corrected chi connectivity index (χ3v) is 3.05. The molecule has 0 saturated carbocycles. The molecule has 0 aromatic carbocycles. The SMILES string of the molecule is Cc1cc(N2CCc3cncnc3C2)nc(N)n1. The normalized spacial score (nSPS) is 14.4. The van der Waals surface area contributed by atoms with Crippen LogP contribution in [0.25, 0.3) is 0 Å². The van der Waals surface area contributed by atoms with Crippen LogP contribution in [0.4, 0.5) is 11.8 Å². The van der Waals surface area contributed by atoms with Crippen molar-refractivity contribution in [3.8, 4) is 0 Å². The maximum Gasteiger partial charge on any atom is 0.222 e. The number of rotatable bonds is 1. The molecule has 2 N–H and O–H groups in total. The van der Waals surface area contributed by atoms with Crippen LogP contribution in [0.5, 0.6) is 0 Å². The Kier molecular flexibility index (Phi) is 2.55. The number of hydrogen-bond donors (Lipinski definition) is 1. The molecule has 0 fully saturated rings. The second-order valence-electron chi connectivity index (χ2n) is 4.39. The van der Waals surface area contributed by atoms with Crippen LogP contribution in [0.3, 0.4) is 0 Å². The second kappa shape index (κ2) is 4.21. The van der Waals surface area contributed by atoms with Crippen LogP contribution >= 0.6 is 0 Å². The van der Waals surface area contributed by atoms with Crippen molar-refractivity contribution in [1.29, 1.82) is 0 Å². The average Bonchev–Trinajstić information content (AvgIpc) is 2.37. The molecule has 18 heavy (non-hydrogen) atoms. The lowest BCUT2D eigenvalue weighted by Crippen LogP contribution is -2.32. The molecule has 6 nitrogen and oxygen atoms in total. The zero-order chi connectivity index (χ0) is 12.5. The topological polar surface area (TPSA) is 80.8 Å². The van der Waals surface area contributed by atoms with Gasteiger partial charge in [0.1, 0.15) is 12.1 Å². The number of nitrogens with two attached hydrogens (primary N) is 1. The smallest absolute Gasteiger partial charge is 0.222 e. The fourth-order valence-electron chi connectivity index (χ4n) is 2.18. The number of anilines is 2. The third kappa shape index (κ3) is 1.97. The number of aromatic nitrogens is 4. The Balaban J connectivity index is 1.91. The summed E-state index contributed by atoms with van der Waals surface area (Å²) < 4.78 is 0. The standard InChI is InChI=1S/C12H14N6/c1-8-4-11(17-12(13)16-8)18-3-2-9-5-14-7-15-10(9)6-18/h4-5,7H,2-3,6H2,1H3,(H2,13,16,17). The number of nitrogens with zero attached hydrogens (tertiary/aromatic N) is 5. The van der Waals surface area contributed by atoms with Crippen LogP contribution in [0.2, 0.25) is 0 Å². The molecule has 1 aliphatic rings. The molecular weight excluding hydrogens is 228 g/mol. The minimum Gasteiger partial charge on any atom is -0.368 e. The largest absolute Gasteiger partial charge is 0.368 e. The average molecular weight is 242 g/mol. The van der Waals surface area contributed by atoms with Gasteiger partial charge in [-0.1, -0.05) is 0 Å². The molecule has 2 aromatic heterocycles. The monoisotopic (exact) mass is 242 g/mol. The van der Waals surface area contributed by atoms with E-state index in [2.05, 4.69) is 24.8 Å². The molecule has 1 aliphatic heterocycles. The van der Waals surface area contributed by atoms with E-state index < -0.39 is 0 Å². The molecule has 0 saturated heterocycles. The van der Waals surface area contributed by atoms with E-state index in [9.17, 15) is 0 Å². The summed E-state index contributed by atoms with van der Waals surface area (Å²) in [5.41, 5.74) is 8.84. The first-order chi connectivity index (χ1) is 8.72. The van der Waals surface area contributed by atoms with E-state index in [0.717, 1.165) is 36.7 Å². The maximum atomic E-state index is 5.69. The fourth-order valence-corrected chi connectivity index (χ4v) is 2.18. The van der Waals surface area contributed by atoms with Crippen molar-refractivity contribution < 1.29 is 0 Å². The molecule has 0 bridgehead atoms. The molecule has 6 heteroatoms. The van der Waals surface area contributed by atoms with Crippen LogP contribution in [-0.4, -0.2) is 26.5 Å². The Bertz CT molecular complexity index is 562. The van der Waals surface area contributed by atoms with Gasteiger partial charge in [0, 0.05) is 24.5 Å². The molecule has 3 heterocycles. The number of nitrogen functional groups attached to an aromatic ring is 1. The lowest BCUT2D eigenvalue weighted by molar-refractivity contribution is 0.693. The first-order valence-electron chi connectivity index (χ1n) is 5.86. The molecule has 92 valence electrons. The molecular formula is C12H14N6. The van der Waals surface area contributed by atoms with Gasteiger partial charge in [0.05, 0.1) is 12.2 Å². The van der Waals surface area contributed by atoms with Crippen molar-refractivity contribution >= 4 is 11.8 Å². The first-order valence-corrected chi connectivity index (χ1v) is 5.86. The summed E-state index contributed by atoms with van der Waals surface area (Å²) in [5, 5.41) is 0. The van der Waals surface area contributed by atoms with Crippen LogP contribution in [0, 0.1) is 6.92 Å². The number of fused-ring (bicyclic) bond motifs is 1. The Labute approximate surface area is 105 Å². The fraction of sp³-hybridized carbons (Fsp3) is 0.333. The third-order valence-electron chi connectivity index (χ3n) is 3.05. The van der Waals surface area contributed by atoms with Crippen LogP contribution in [-0.2, 0) is 13.0 Å². The molecule has 0 unspecified atom stereocenters. The Hall–Kier alpha value is -2.24. The quantitative estimate of drug-likeness (QED) is 0.793. The van der Waals surface area contributed by atoms with Gasteiger partial charge < -0.3 is 10.6 Å². The summed E-state index contributed by atoms with van der Waals surface area (Å²) in [6, 6.07) is 1.95. The molecule has 0 spiro atoms. The highest BCUT2D eigenvalue weighted by atomic mass is 15.2. The van der Waals surface area contributed by atoms with Crippen LogP contribution in [0.1, 0.15) is 17.0 Å². The van der Waals surface area contributed by atoms with Crippen molar-refractivity contribution in [2.45, 2.75) is 19.9 Å². The second-order valence-corrected chi connectivity index (χ2v) is 4.39. The highest BCUT2D eigenvalue weighted by Gasteiger charge is 2.19.